The Morgan fingerprint density at radius 3 is 2.16 bits per heavy atom. The lowest BCUT2D eigenvalue weighted by molar-refractivity contribution is -0.139. The quantitative estimate of drug-likeness (QED) is 0.612. The predicted molar refractivity (Wildman–Crippen MR) is 110 cm³/mol. The Kier molecular flexibility index (Phi) is 5.66. The molecule has 5 nitrogen and oxygen atoms in total. The highest BCUT2D eigenvalue weighted by Crippen LogP contribution is 2.44. The second-order valence-corrected chi connectivity index (χ2v) is 7.30. The van der Waals surface area contributed by atoms with Gasteiger partial charge in [0.2, 0.25) is 0 Å². The third-order valence-electron chi connectivity index (χ3n) is 5.37. The second-order valence-electron chi connectivity index (χ2n) is 7.30. The Morgan fingerprint density at radius 1 is 0.968 bits per heavy atom. The Hall–Kier alpha value is -3.74. The van der Waals surface area contributed by atoms with Crippen LogP contribution in [0.1, 0.15) is 22.6 Å². The van der Waals surface area contributed by atoms with E-state index in [9.17, 15) is 23.5 Å². The highest BCUT2D eigenvalue weighted by Gasteiger charge is 2.30. The number of carbonyl (C=O) groups is 2. The maximum Gasteiger partial charge on any atom is 0.407 e. The van der Waals surface area contributed by atoms with Gasteiger partial charge in [-0.15, -0.1) is 0 Å². The summed E-state index contributed by atoms with van der Waals surface area (Å²) < 4.78 is 32.3. The summed E-state index contributed by atoms with van der Waals surface area (Å²) in [6.45, 7) is 0.0249. The lowest BCUT2D eigenvalue weighted by Gasteiger charge is -2.17. The van der Waals surface area contributed by atoms with E-state index in [1.165, 1.54) is 0 Å². The van der Waals surface area contributed by atoms with E-state index >= 15 is 0 Å². The smallest absolute Gasteiger partial charge is 0.407 e. The fourth-order valence-electron chi connectivity index (χ4n) is 3.89. The number of benzene rings is 3. The number of carbonyl (C=O) groups excluding carboxylic acids is 1. The van der Waals surface area contributed by atoms with Gasteiger partial charge in [-0.05, 0) is 33.9 Å². The summed E-state index contributed by atoms with van der Waals surface area (Å²) in [5.41, 5.74) is 4.18. The molecule has 2 N–H and O–H groups in total. The minimum Gasteiger partial charge on any atom is -0.480 e. The van der Waals surface area contributed by atoms with Gasteiger partial charge in [-0.2, -0.15) is 0 Å². The van der Waals surface area contributed by atoms with Gasteiger partial charge in [-0.1, -0.05) is 54.6 Å². The Balaban J connectivity index is 1.44. The minimum atomic E-state index is -1.42. The average molecular weight is 423 g/mol. The number of aliphatic carboxylic acids is 1. The van der Waals surface area contributed by atoms with E-state index in [1.807, 2.05) is 48.5 Å². The number of halogens is 2. The molecule has 31 heavy (non-hydrogen) atoms. The molecule has 4 rings (SSSR count). The zero-order chi connectivity index (χ0) is 22.0. The monoisotopic (exact) mass is 423 g/mol. The van der Waals surface area contributed by atoms with E-state index in [0.717, 1.165) is 34.4 Å². The summed E-state index contributed by atoms with van der Waals surface area (Å²) in [6, 6.07) is 17.1. The first-order valence-electron chi connectivity index (χ1n) is 9.72. The fourth-order valence-corrected chi connectivity index (χ4v) is 3.89. The van der Waals surface area contributed by atoms with E-state index in [2.05, 4.69) is 5.32 Å². The lowest BCUT2D eigenvalue weighted by Crippen LogP contribution is -2.43. The van der Waals surface area contributed by atoms with E-state index < -0.39 is 29.7 Å². The van der Waals surface area contributed by atoms with Crippen LogP contribution in [-0.2, 0) is 16.0 Å². The van der Waals surface area contributed by atoms with Crippen molar-refractivity contribution in [2.45, 2.75) is 18.4 Å². The van der Waals surface area contributed by atoms with Crippen LogP contribution in [0.2, 0.25) is 0 Å². The largest absolute Gasteiger partial charge is 0.480 e. The molecule has 1 amide bonds. The maximum atomic E-state index is 13.9. The molecule has 1 aliphatic rings. The number of amides is 1. The summed E-state index contributed by atoms with van der Waals surface area (Å²) in [5.74, 6) is -3.16. The molecule has 3 aromatic rings. The van der Waals surface area contributed by atoms with E-state index in [4.69, 9.17) is 4.74 Å². The van der Waals surface area contributed by atoms with Crippen LogP contribution in [0, 0.1) is 11.6 Å². The number of ether oxygens (including phenoxy) is 1. The number of fused-ring (bicyclic) bond motifs is 3. The van der Waals surface area contributed by atoms with Crippen molar-refractivity contribution < 1.29 is 28.2 Å². The maximum absolute atomic E-state index is 13.9. The molecule has 3 aromatic carbocycles. The first-order valence-corrected chi connectivity index (χ1v) is 9.72. The van der Waals surface area contributed by atoms with Crippen molar-refractivity contribution in [2.24, 2.45) is 0 Å². The number of hydrogen-bond donors (Lipinski definition) is 2. The van der Waals surface area contributed by atoms with Crippen molar-refractivity contribution in [3.8, 4) is 11.1 Å². The van der Waals surface area contributed by atoms with Gasteiger partial charge in [0, 0.05) is 18.4 Å². The van der Waals surface area contributed by atoms with Gasteiger partial charge >= 0.3 is 12.1 Å². The topological polar surface area (TPSA) is 75.6 Å². The molecule has 0 saturated heterocycles. The van der Waals surface area contributed by atoms with Gasteiger partial charge in [0.1, 0.15) is 24.3 Å². The predicted octanol–water partition coefficient (Wildman–Crippen LogP) is 4.50. The van der Waals surface area contributed by atoms with E-state index in [1.54, 1.807) is 0 Å². The van der Waals surface area contributed by atoms with Crippen molar-refractivity contribution in [3.63, 3.8) is 0 Å². The Bertz CT molecular complexity index is 1100. The molecule has 0 unspecified atom stereocenters. The summed E-state index contributed by atoms with van der Waals surface area (Å²) in [5, 5.41) is 11.7. The third kappa shape index (κ3) is 4.26. The number of hydrogen-bond acceptors (Lipinski definition) is 3. The van der Waals surface area contributed by atoms with Crippen LogP contribution in [0.3, 0.4) is 0 Å². The van der Waals surface area contributed by atoms with Crippen LogP contribution >= 0.6 is 0 Å². The highest BCUT2D eigenvalue weighted by atomic mass is 19.1. The standard InChI is InChI=1S/C24H19F2NO4/c25-15-10-9-14(21(26)12-15)11-22(23(28)29)27-24(30)31-13-20-18-7-3-1-5-16(18)17-6-2-4-8-19(17)20/h1-10,12,20,22H,11,13H2,(H,27,30)(H,28,29)/t22-/m0/s1. The molecule has 1 atom stereocenters. The Labute approximate surface area is 177 Å². The Morgan fingerprint density at radius 2 is 1.58 bits per heavy atom. The van der Waals surface area contributed by atoms with Crippen molar-refractivity contribution in [3.05, 3.63) is 95.1 Å². The van der Waals surface area contributed by atoms with Crippen LogP contribution in [0.5, 0.6) is 0 Å². The van der Waals surface area contributed by atoms with Crippen LogP contribution in [0.15, 0.2) is 66.7 Å². The van der Waals surface area contributed by atoms with Crippen molar-refractivity contribution in [1.29, 1.82) is 0 Å². The normalized spacial score (nSPS) is 13.2. The zero-order valence-electron chi connectivity index (χ0n) is 16.3. The summed E-state index contributed by atoms with van der Waals surface area (Å²) >= 11 is 0. The van der Waals surface area contributed by atoms with Gasteiger partial charge in [0.05, 0.1) is 0 Å². The summed E-state index contributed by atoms with van der Waals surface area (Å²) in [7, 11) is 0. The second kappa shape index (κ2) is 8.55. The number of carboxylic acids is 1. The molecule has 158 valence electrons. The van der Waals surface area contributed by atoms with Crippen molar-refractivity contribution in [2.75, 3.05) is 6.61 Å². The number of rotatable bonds is 6. The number of nitrogens with one attached hydrogen (secondary N) is 1. The van der Waals surface area contributed by atoms with Gasteiger partial charge < -0.3 is 15.2 Å². The molecule has 0 radical (unpaired) electrons. The number of alkyl carbamates (subject to hydrolysis) is 1. The van der Waals surface area contributed by atoms with E-state index in [-0.39, 0.29) is 24.5 Å². The summed E-state index contributed by atoms with van der Waals surface area (Å²) in [6.07, 6.45) is -1.26. The first-order chi connectivity index (χ1) is 14.9. The average Bonchev–Trinajstić information content (AvgIpc) is 3.07. The summed E-state index contributed by atoms with van der Waals surface area (Å²) in [4.78, 5) is 23.9. The molecule has 0 aromatic heterocycles. The molecule has 0 saturated carbocycles. The molecule has 1 aliphatic carbocycles. The molecule has 0 heterocycles. The van der Waals surface area contributed by atoms with Crippen molar-refractivity contribution in [1.82, 2.24) is 5.32 Å². The molecular weight excluding hydrogens is 404 g/mol. The van der Waals surface area contributed by atoms with Crippen LogP contribution in [0.25, 0.3) is 11.1 Å². The van der Waals surface area contributed by atoms with Gasteiger partial charge in [0.25, 0.3) is 0 Å². The molecule has 7 heteroatoms. The lowest BCUT2D eigenvalue weighted by atomic mass is 9.98. The molecule has 0 spiro atoms. The van der Waals surface area contributed by atoms with Crippen LogP contribution in [-0.4, -0.2) is 29.8 Å². The van der Waals surface area contributed by atoms with Gasteiger partial charge in [-0.25, -0.2) is 18.4 Å². The third-order valence-corrected chi connectivity index (χ3v) is 5.37. The van der Waals surface area contributed by atoms with Gasteiger partial charge in [0.15, 0.2) is 0 Å². The number of carboxylic acid groups (broad SMARTS) is 1. The molecule has 0 aliphatic heterocycles. The van der Waals surface area contributed by atoms with Gasteiger partial charge in [-0.3, -0.25) is 0 Å². The van der Waals surface area contributed by atoms with Crippen LogP contribution < -0.4 is 5.32 Å². The highest BCUT2D eigenvalue weighted by molar-refractivity contribution is 5.81. The zero-order valence-corrected chi connectivity index (χ0v) is 16.3. The van der Waals surface area contributed by atoms with Crippen molar-refractivity contribution >= 4 is 12.1 Å². The molecule has 0 bridgehead atoms. The van der Waals surface area contributed by atoms with E-state index in [0.29, 0.717) is 6.07 Å². The SMILES string of the molecule is O=C(N[C@@H](Cc1ccc(F)cc1F)C(=O)O)OCC1c2ccccc2-c2ccccc21. The molecule has 0 fully saturated rings. The fraction of sp³-hybridized carbons (Fsp3) is 0.167. The minimum absolute atomic E-state index is 0.0206. The first kappa shape index (κ1) is 20.5. The molecular formula is C24H19F2NO4. The van der Waals surface area contributed by atoms with Crippen LogP contribution in [0.4, 0.5) is 13.6 Å².